The second-order valence-corrected chi connectivity index (χ2v) is 5.39. The van der Waals surface area contributed by atoms with Gasteiger partial charge in [-0.15, -0.1) is 0 Å². The quantitative estimate of drug-likeness (QED) is 0.876. The van der Waals surface area contributed by atoms with Gasteiger partial charge in [-0.05, 0) is 57.0 Å². The van der Waals surface area contributed by atoms with Crippen LogP contribution in [-0.4, -0.2) is 11.5 Å². The molecule has 0 aliphatic heterocycles. The third kappa shape index (κ3) is 3.81. The van der Waals surface area contributed by atoms with E-state index in [9.17, 15) is 0 Å². The van der Waals surface area contributed by atoms with Crippen LogP contribution in [0.3, 0.4) is 0 Å². The molecular formula is C17H22N2O. The Morgan fingerprint density at radius 3 is 2.50 bits per heavy atom. The van der Waals surface area contributed by atoms with Gasteiger partial charge in [-0.1, -0.05) is 18.2 Å². The fourth-order valence-electron chi connectivity index (χ4n) is 2.10. The molecule has 2 aromatic rings. The number of benzene rings is 1. The molecule has 0 unspecified atom stereocenters. The van der Waals surface area contributed by atoms with Gasteiger partial charge >= 0.3 is 0 Å². The Kier molecular flexibility index (Phi) is 4.74. The first-order valence-corrected chi connectivity index (χ1v) is 7.00. The summed E-state index contributed by atoms with van der Waals surface area (Å²) in [5, 5.41) is 0. The molecule has 0 aliphatic rings. The Morgan fingerprint density at radius 1 is 1.15 bits per heavy atom. The lowest BCUT2D eigenvalue weighted by atomic mass is 10.00. The molecule has 1 aromatic carbocycles. The van der Waals surface area contributed by atoms with E-state index in [4.69, 9.17) is 10.5 Å². The van der Waals surface area contributed by atoms with Gasteiger partial charge in [0.25, 0.3) is 0 Å². The number of aromatic nitrogens is 1. The van der Waals surface area contributed by atoms with Gasteiger partial charge in [0.15, 0.2) is 0 Å². The molecule has 0 radical (unpaired) electrons. The second-order valence-electron chi connectivity index (χ2n) is 5.39. The zero-order valence-electron chi connectivity index (χ0n) is 12.2. The topological polar surface area (TPSA) is 48.1 Å². The molecular weight excluding hydrogens is 248 g/mol. The van der Waals surface area contributed by atoms with Gasteiger partial charge in [0, 0.05) is 18.0 Å². The van der Waals surface area contributed by atoms with E-state index in [-0.39, 0.29) is 0 Å². The molecule has 0 saturated carbocycles. The average Bonchev–Trinajstić information content (AvgIpc) is 2.47. The molecule has 1 heterocycles. The Balaban J connectivity index is 2.06. The van der Waals surface area contributed by atoms with Crippen molar-refractivity contribution in [3.05, 3.63) is 59.9 Å². The monoisotopic (exact) mass is 270 g/mol. The molecule has 106 valence electrons. The lowest BCUT2D eigenvalue weighted by molar-refractivity contribution is 0.108. The zero-order chi connectivity index (χ0) is 14.4. The van der Waals surface area contributed by atoms with E-state index < -0.39 is 5.60 Å². The van der Waals surface area contributed by atoms with E-state index in [0.29, 0.717) is 0 Å². The van der Waals surface area contributed by atoms with Gasteiger partial charge < -0.3 is 10.5 Å². The predicted octanol–water partition coefficient (Wildman–Crippen LogP) is 3.29. The minimum Gasteiger partial charge on any atom is -0.483 e. The van der Waals surface area contributed by atoms with Crippen molar-refractivity contribution in [1.29, 1.82) is 0 Å². The molecule has 0 amide bonds. The lowest BCUT2D eigenvalue weighted by Gasteiger charge is -2.26. The largest absolute Gasteiger partial charge is 0.483 e. The molecule has 1 aromatic heterocycles. The summed E-state index contributed by atoms with van der Waals surface area (Å²) < 4.78 is 6.08. The van der Waals surface area contributed by atoms with E-state index in [0.717, 1.165) is 30.7 Å². The highest BCUT2D eigenvalue weighted by atomic mass is 16.5. The second kappa shape index (κ2) is 6.53. The van der Waals surface area contributed by atoms with Crippen molar-refractivity contribution in [1.82, 2.24) is 4.98 Å². The Bertz CT molecular complexity index is 520. The van der Waals surface area contributed by atoms with Crippen molar-refractivity contribution in [3.8, 4) is 5.75 Å². The third-order valence-corrected chi connectivity index (χ3v) is 3.32. The van der Waals surface area contributed by atoms with Gasteiger partial charge in [0.1, 0.15) is 11.4 Å². The highest BCUT2D eigenvalue weighted by molar-refractivity contribution is 5.29. The van der Waals surface area contributed by atoms with Crippen molar-refractivity contribution < 1.29 is 4.74 Å². The summed E-state index contributed by atoms with van der Waals surface area (Å²) in [6, 6.07) is 12.2. The maximum atomic E-state index is 6.08. The highest BCUT2D eigenvalue weighted by Crippen LogP contribution is 2.27. The smallest absolute Gasteiger partial charge is 0.130 e. The molecule has 0 saturated heterocycles. The number of nitrogens with two attached hydrogens (primary N) is 1. The molecule has 20 heavy (non-hydrogen) atoms. The van der Waals surface area contributed by atoms with Crippen LogP contribution in [-0.2, 0) is 12.0 Å². The van der Waals surface area contributed by atoms with Crippen LogP contribution in [0.25, 0.3) is 0 Å². The van der Waals surface area contributed by atoms with Gasteiger partial charge in [0.05, 0.1) is 0 Å². The predicted molar refractivity (Wildman–Crippen MR) is 81.7 cm³/mol. The van der Waals surface area contributed by atoms with E-state index in [2.05, 4.69) is 17.1 Å². The number of aryl methyl sites for hydroxylation is 1. The minimum absolute atomic E-state index is 0.396. The standard InChI is InChI=1S/C17H22N2O/c1-17(2,15-6-4-12-19-13-15)20-16-9-7-14(8-10-16)5-3-11-18/h4,6-10,12-13H,3,5,11,18H2,1-2H3. The Hall–Kier alpha value is -1.87. The van der Waals surface area contributed by atoms with Crippen LogP contribution in [0, 0.1) is 0 Å². The molecule has 0 spiro atoms. The maximum Gasteiger partial charge on any atom is 0.130 e. The molecule has 3 nitrogen and oxygen atoms in total. The van der Waals surface area contributed by atoms with Crippen molar-refractivity contribution in [2.45, 2.75) is 32.3 Å². The fraction of sp³-hybridized carbons (Fsp3) is 0.353. The normalized spacial score (nSPS) is 11.3. The molecule has 3 heteroatoms. The molecule has 0 bridgehead atoms. The minimum atomic E-state index is -0.396. The Morgan fingerprint density at radius 2 is 1.90 bits per heavy atom. The van der Waals surface area contributed by atoms with E-state index in [1.807, 2.05) is 44.3 Å². The number of pyridine rings is 1. The first-order valence-electron chi connectivity index (χ1n) is 7.00. The zero-order valence-corrected chi connectivity index (χ0v) is 12.2. The lowest BCUT2D eigenvalue weighted by Crippen LogP contribution is -2.25. The van der Waals surface area contributed by atoms with E-state index in [1.165, 1.54) is 5.56 Å². The molecule has 0 aliphatic carbocycles. The van der Waals surface area contributed by atoms with Crippen LogP contribution >= 0.6 is 0 Å². The van der Waals surface area contributed by atoms with Crippen LogP contribution in [0.1, 0.15) is 31.4 Å². The van der Waals surface area contributed by atoms with Gasteiger partial charge in [-0.25, -0.2) is 0 Å². The fourth-order valence-corrected chi connectivity index (χ4v) is 2.10. The first-order chi connectivity index (χ1) is 9.62. The number of hydrogen-bond acceptors (Lipinski definition) is 3. The van der Waals surface area contributed by atoms with Crippen LogP contribution in [0.15, 0.2) is 48.8 Å². The number of hydrogen-bond donors (Lipinski definition) is 1. The summed E-state index contributed by atoms with van der Waals surface area (Å²) in [5.41, 5.74) is 7.48. The molecule has 0 atom stereocenters. The van der Waals surface area contributed by atoms with Crippen molar-refractivity contribution in [2.24, 2.45) is 5.73 Å². The maximum absolute atomic E-state index is 6.08. The molecule has 2 rings (SSSR count). The summed E-state index contributed by atoms with van der Waals surface area (Å²) in [7, 11) is 0. The summed E-state index contributed by atoms with van der Waals surface area (Å²) in [4.78, 5) is 4.15. The number of nitrogens with zero attached hydrogens (tertiary/aromatic N) is 1. The SMILES string of the molecule is CC(C)(Oc1ccc(CCCN)cc1)c1cccnc1. The highest BCUT2D eigenvalue weighted by Gasteiger charge is 2.22. The van der Waals surface area contributed by atoms with Crippen LogP contribution in [0.5, 0.6) is 5.75 Å². The average molecular weight is 270 g/mol. The van der Waals surface area contributed by atoms with Gasteiger partial charge in [-0.3, -0.25) is 4.98 Å². The summed E-state index contributed by atoms with van der Waals surface area (Å²) in [6.07, 6.45) is 5.64. The van der Waals surface area contributed by atoms with Crippen LogP contribution in [0.4, 0.5) is 0 Å². The summed E-state index contributed by atoms with van der Waals surface area (Å²) in [5.74, 6) is 0.871. The van der Waals surface area contributed by atoms with Crippen molar-refractivity contribution >= 4 is 0 Å². The van der Waals surface area contributed by atoms with Gasteiger partial charge in [0.2, 0.25) is 0 Å². The third-order valence-electron chi connectivity index (χ3n) is 3.32. The van der Waals surface area contributed by atoms with Gasteiger partial charge in [-0.2, -0.15) is 0 Å². The summed E-state index contributed by atoms with van der Waals surface area (Å²) in [6.45, 7) is 4.82. The molecule has 2 N–H and O–H groups in total. The summed E-state index contributed by atoms with van der Waals surface area (Å²) >= 11 is 0. The van der Waals surface area contributed by atoms with E-state index >= 15 is 0 Å². The van der Waals surface area contributed by atoms with E-state index in [1.54, 1.807) is 6.20 Å². The number of rotatable bonds is 6. The Labute approximate surface area is 120 Å². The number of ether oxygens (including phenoxy) is 1. The molecule has 0 fully saturated rings. The van der Waals surface area contributed by atoms with Crippen molar-refractivity contribution in [2.75, 3.05) is 6.54 Å². The first kappa shape index (κ1) is 14.5. The van der Waals surface area contributed by atoms with Crippen LogP contribution in [0.2, 0.25) is 0 Å². The van der Waals surface area contributed by atoms with Crippen LogP contribution < -0.4 is 10.5 Å². The van der Waals surface area contributed by atoms with Crippen molar-refractivity contribution in [3.63, 3.8) is 0 Å².